The minimum atomic E-state index is -0.198. The van der Waals surface area contributed by atoms with E-state index >= 15 is 0 Å². The molecule has 2 rings (SSSR count). The Hall–Kier alpha value is -1.51. The lowest BCUT2D eigenvalue weighted by Crippen LogP contribution is -2.15. The van der Waals surface area contributed by atoms with Gasteiger partial charge in [-0.1, -0.05) is 12.1 Å². The Bertz CT molecular complexity index is 347. The van der Waals surface area contributed by atoms with E-state index in [1.54, 1.807) is 12.1 Å². The van der Waals surface area contributed by atoms with Gasteiger partial charge >= 0.3 is 0 Å². The molecule has 68 valence electrons. The second kappa shape index (κ2) is 3.09. The van der Waals surface area contributed by atoms with E-state index in [1.165, 1.54) is 6.07 Å². The Morgan fingerprint density at radius 3 is 2.92 bits per heavy atom. The van der Waals surface area contributed by atoms with Crippen molar-refractivity contribution in [3.8, 4) is 0 Å². The van der Waals surface area contributed by atoms with Gasteiger partial charge in [0, 0.05) is 12.5 Å². The lowest BCUT2D eigenvalue weighted by atomic mass is 10.0. The molecule has 0 spiro atoms. The van der Waals surface area contributed by atoms with Gasteiger partial charge in [0.25, 0.3) is 0 Å². The van der Waals surface area contributed by atoms with E-state index in [9.17, 15) is 4.39 Å². The summed E-state index contributed by atoms with van der Waals surface area (Å²) < 4.78 is 12.8. The van der Waals surface area contributed by atoms with Gasteiger partial charge in [-0.15, -0.1) is 0 Å². The van der Waals surface area contributed by atoms with Gasteiger partial charge < -0.3 is 11.1 Å². The molecule has 0 aliphatic carbocycles. The maximum atomic E-state index is 12.8. The highest BCUT2D eigenvalue weighted by Gasteiger charge is 2.15. The standard InChI is InChI=1S/C10H11FN2/c11-9-3-1-2-7(4-9)8-5-10(12)13-6-8/h1-5,8,13H,6,12H2/t8-/m1/s1. The highest BCUT2D eigenvalue weighted by Crippen LogP contribution is 2.21. The fourth-order valence-corrected chi connectivity index (χ4v) is 1.51. The molecule has 0 fully saturated rings. The van der Waals surface area contributed by atoms with E-state index in [1.807, 2.05) is 12.1 Å². The molecule has 3 heteroatoms. The topological polar surface area (TPSA) is 38.0 Å². The second-order valence-electron chi connectivity index (χ2n) is 3.16. The smallest absolute Gasteiger partial charge is 0.123 e. The average molecular weight is 178 g/mol. The number of benzene rings is 1. The zero-order valence-electron chi connectivity index (χ0n) is 7.13. The lowest BCUT2D eigenvalue weighted by molar-refractivity contribution is 0.623. The summed E-state index contributed by atoms with van der Waals surface area (Å²) in [7, 11) is 0. The third-order valence-electron chi connectivity index (χ3n) is 2.18. The summed E-state index contributed by atoms with van der Waals surface area (Å²) in [6, 6.07) is 6.61. The number of hydrogen-bond acceptors (Lipinski definition) is 2. The monoisotopic (exact) mass is 178 g/mol. The molecule has 1 heterocycles. The summed E-state index contributed by atoms with van der Waals surface area (Å²) in [5, 5.41) is 3.00. The minimum Gasteiger partial charge on any atom is -0.386 e. The van der Waals surface area contributed by atoms with E-state index in [2.05, 4.69) is 5.32 Å². The Balaban J connectivity index is 2.26. The summed E-state index contributed by atoms with van der Waals surface area (Å²) in [6.07, 6.45) is 1.91. The lowest BCUT2D eigenvalue weighted by Gasteiger charge is -2.06. The van der Waals surface area contributed by atoms with Crippen LogP contribution < -0.4 is 11.1 Å². The van der Waals surface area contributed by atoms with E-state index in [0.29, 0.717) is 5.82 Å². The van der Waals surface area contributed by atoms with Crippen LogP contribution in [0.4, 0.5) is 4.39 Å². The van der Waals surface area contributed by atoms with Crippen molar-refractivity contribution in [3.63, 3.8) is 0 Å². The first-order chi connectivity index (χ1) is 6.25. The van der Waals surface area contributed by atoms with E-state index < -0.39 is 0 Å². The molecule has 1 aliphatic rings. The molecule has 0 bridgehead atoms. The predicted octanol–water partition coefficient (Wildman–Crippen LogP) is 1.31. The van der Waals surface area contributed by atoms with Crippen molar-refractivity contribution in [3.05, 3.63) is 47.5 Å². The molecule has 0 aromatic heterocycles. The number of rotatable bonds is 1. The van der Waals surface area contributed by atoms with Gasteiger partial charge in [-0.2, -0.15) is 0 Å². The van der Waals surface area contributed by atoms with Crippen LogP contribution in [0.15, 0.2) is 36.2 Å². The molecule has 0 saturated heterocycles. The van der Waals surface area contributed by atoms with Crippen LogP contribution in [-0.2, 0) is 0 Å². The maximum Gasteiger partial charge on any atom is 0.123 e. The van der Waals surface area contributed by atoms with Crippen molar-refractivity contribution in [2.45, 2.75) is 5.92 Å². The van der Waals surface area contributed by atoms with Crippen LogP contribution in [0.5, 0.6) is 0 Å². The number of nitrogens with one attached hydrogen (secondary N) is 1. The quantitative estimate of drug-likeness (QED) is 0.680. The van der Waals surface area contributed by atoms with E-state index in [-0.39, 0.29) is 11.7 Å². The zero-order chi connectivity index (χ0) is 9.26. The van der Waals surface area contributed by atoms with Crippen LogP contribution in [0.2, 0.25) is 0 Å². The zero-order valence-corrected chi connectivity index (χ0v) is 7.13. The third kappa shape index (κ3) is 1.64. The highest BCUT2D eigenvalue weighted by atomic mass is 19.1. The molecular weight excluding hydrogens is 167 g/mol. The maximum absolute atomic E-state index is 12.8. The van der Waals surface area contributed by atoms with Gasteiger partial charge in [-0.05, 0) is 23.8 Å². The molecule has 0 saturated carbocycles. The molecule has 1 aromatic rings. The highest BCUT2D eigenvalue weighted by molar-refractivity contribution is 5.28. The normalized spacial score (nSPS) is 21.0. The molecular formula is C10H11FN2. The van der Waals surface area contributed by atoms with Crippen LogP contribution in [0.25, 0.3) is 0 Å². The Morgan fingerprint density at radius 1 is 1.46 bits per heavy atom. The molecule has 1 atom stereocenters. The summed E-state index contributed by atoms with van der Waals surface area (Å²) in [6.45, 7) is 0.759. The van der Waals surface area contributed by atoms with Gasteiger partial charge in [0.2, 0.25) is 0 Å². The third-order valence-corrected chi connectivity index (χ3v) is 2.18. The molecule has 1 aromatic carbocycles. The first kappa shape index (κ1) is 8.10. The van der Waals surface area contributed by atoms with Gasteiger partial charge in [0.05, 0.1) is 5.82 Å². The van der Waals surface area contributed by atoms with Crippen LogP contribution in [0, 0.1) is 5.82 Å². The summed E-state index contributed by atoms with van der Waals surface area (Å²) in [4.78, 5) is 0. The van der Waals surface area contributed by atoms with Crippen LogP contribution in [0.1, 0.15) is 11.5 Å². The molecule has 3 N–H and O–H groups in total. The second-order valence-corrected chi connectivity index (χ2v) is 3.16. The molecule has 13 heavy (non-hydrogen) atoms. The molecule has 0 amide bonds. The van der Waals surface area contributed by atoms with Crippen LogP contribution in [-0.4, -0.2) is 6.54 Å². The molecule has 1 aliphatic heterocycles. The minimum absolute atomic E-state index is 0.198. The predicted molar refractivity (Wildman–Crippen MR) is 49.4 cm³/mol. The van der Waals surface area contributed by atoms with Gasteiger partial charge in [-0.25, -0.2) is 4.39 Å². The van der Waals surface area contributed by atoms with Crippen molar-refractivity contribution in [1.29, 1.82) is 0 Å². The van der Waals surface area contributed by atoms with Crippen molar-refractivity contribution < 1.29 is 4.39 Å². The molecule has 0 radical (unpaired) electrons. The fourth-order valence-electron chi connectivity index (χ4n) is 1.51. The Kier molecular flexibility index (Phi) is 1.93. The van der Waals surface area contributed by atoms with Crippen molar-refractivity contribution >= 4 is 0 Å². The summed E-state index contributed by atoms with van der Waals surface area (Å²) in [5.41, 5.74) is 6.52. The van der Waals surface area contributed by atoms with Gasteiger partial charge in [0.15, 0.2) is 0 Å². The first-order valence-corrected chi connectivity index (χ1v) is 4.22. The largest absolute Gasteiger partial charge is 0.386 e. The van der Waals surface area contributed by atoms with Gasteiger partial charge in [0.1, 0.15) is 5.82 Å². The van der Waals surface area contributed by atoms with Crippen molar-refractivity contribution in [1.82, 2.24) is 5.32 Å². The first-order valence-electron chi connectivity index (χ1n) is 4.22. The van der Waals surface area contributed by atoms with Crippen molar-refractivity contribution in [2.24, 2.45) is 5.73 Å². The van der Waals surface area contributed by atoms with Crippen LogP contribution in [0.3, 0.4) is 0 Å². The summed E-state index contributed by atoms with van der Waals surface area (Å²) >= 11 is 0. The SMILES string of the molecule is NC1=C[C@@H](c2cccc(F)c2)CN1. The van der Waals surface area contributed by atoms with Crippen molar-refractivity contribution in [2.75, 3.05) is 6.54 Å². The molecule has 2 nitrogen and oxygen atoms in total. The van der Waals surface area contributed by atoms with Gasteiger partial charge in [-0.3, -0.25) is 0 Å². The fraction of sp³-hybridized carbons (Fsp3) is 0.200. The number of halogens is 1. The number of nitrogens with two attached hydrogens (primary N) is 1. The Morgan fingerprint density at radius 2 is 2.31 bits per heavy atom. The summed E-state index contributed by atoms with van der Waals surface area (Å²) in [5.74, 6) is 0.682. The van der Waals surface area contributed by atoms with E-state index in [4.69, 9.17) is 5.73 Å². The molecule has 0 unspecified atom stereocenters. The van der Waals surface area contributed by atoms with E-state index in [0.717, 1.165) is 12.1 Å². The Labute approximate surface area is 76.3 Å². The van der Waals surface area contributed by atoms with Crippen LogP contribution >= 0.6 is 0 Å². The number of hydrogen-bond donors (Lipinski definition) is 2. The average Bonchev–Trinajstić information content (AvgIpc) is 2.52.